The zero-order valence-corrected chi connectivity index (χ0v) is 11.0. The summed E-state index contributed by atoms with van der Waals surface area (Å²) >= 11 is 1.68. The van der Waals surface area contributed by atoms with E-state index in [9.17, 15) is 0 Å². The van der Waals surface area contributed by atoms with Gasteiger partial charge in [0.1, 0.15) is 0 Å². The molecule has 0 spiro atoms. The van der Waals surface area contributed by atoms with Crippen molar-refractivity contribution < 1.29 is 0 Å². The zero-order chi connectivity index (χ0) is 11.8. The van der Waals surface area contributed by atoms with Gasteiger partial charge < -0.3 is 5.32 Å². The highest BCUT2D eigenvalue weighted by Gasteiger charge is 2.21. The number of allylic oxidation sites excluding steroid dienone is 1. The Morgan fingerprint density at radius 2 is 2.24 bits per heavy atom. The highest BCUT2D eigenvalue weighted by Crippen LogP contribution is 2.38. The molecule has 0 saturated carbocycles. The van der Waals surface area contributed by atoms with Gasteiger partial charge in [0, 0.05) is 5.69 Å². The highest BCUT2D eigenvalue weighted by atomic mass is 32.2. The third-order valence-electron chi connectivity index (χ3n) is 3.67. The molecular weight excluding hydrogens is 226 g/mol. The van der Waals surface area contributed by atoms with Crippen molar-refractivity contribution in [1.29, 1.82) is 0 Å². The molecule has 0 aromatic heterocycles. The topological polar surface area (TPSA) is 12.0 Å². The summed E-state index contributed by atoms with van der Waals surface area (Å²) in [6.07, 6.45) is 11.4. The summed E-state index contributed by atoms with van der Waals surface area (Å²) in [5.41, 5.74) is 7.27. The van der Waals surface area contributed by atoms with Gasteiger partial charge in [-0.1, -0.05) is 24.8 Å². The van der Waals surface area contributed by atoms with Crippen LogP contribution >= 0.6 is 11.8 Å². The molecule has 0 fully saturated rings. The number of nitrogens with one attached hydrogen (secondary N) is 1. The molecule has 3 rings (SSSR count). The van der Waals surface area contributed by atoms with E-state index in [0.29, 0.717) is 0 Å². The summed E-state index contributed by atoms with van der Waals surface area (Å²) in [4.78, 5) is 0. The minimum absolute atomic E-state index is 1.04. The van der Waals surface area contributed by atoms with Gasteiger partial charge in [-0.05, 0) is 54.2 Å². The monoisotopic (exact) mass is 243 g/mol. The first kappa shape index (κ1) is 11.0. The lowest BCUT2D eigenvalue weighted by molar-refractivity contribution is 0.912. The Labute approximate surface area is 107 Å². The van der Waals surface area contributed by atoms with Crippen molar-refractivity contribution in [2.75, 3.05) is 11.6 Å². The van der Waals surface area contributed by atoms with Crippen LogP contribution in [0.2, 0.25) is 0 Å². The molecule has 2 aliphatic rings. The molecule has 2 heteroatoms. The standard InChI is InChI=1S/C15H17NS/c1-10(17-2)16-15-13-7-3-5-11(13)9-12-6-4-8-14(12)15/h3,5,9,16H,1,4,6-8H2,2H3. The third-order valence-corrected chi connectivity index (χ3v) is 4.27. The van der Waals surface area contributed by atoms with E-state index in [1.807, 2.05) is 0 Å². The van der Waals surface area contributed by atoms with E-state index >= 15 is 0 Å². The van der Waals surface area contributed by atoms with Crippen LogP contribution in [0, 0.1) is 0 Å². The third kappa shape index (κ3) is 1.81. The van der Waals surface area contributed by atoms with Crippen LogP contribution in [-0.4, -0.2) is 6.26 Å². The van der Waals surface area contributed by atoms with E-state index in [0.717, 1.165) is 11.4 Å². The molecule has 0 saturated heterocycles. The van der Waals surface area contributed by atoms with E-state index in [1.165, 1.54) is 47.2 Å². The Bertz CT molecular complexity index is 510. The summed E-state index contributed by atoms with van der Waals surface area (Å²) in [7, 11) is 0. The van der Waals surface area contributed by atoms with Crippen LogP contribution in [0.4, 0.5) is 5.69 Å². The lowest BCUT2D eigenvalue weighted by Gasteiger charge is -2.17. The van der Waals surface area contributed by atoms with Gasteiger partial charge in [-0.25, -0.2) is 0 Å². The molecule has 2 aliphatic carbocycles. The summed E-state index contributed by atoms with van der Waals surface area (Å²) in [5, 5.41) is 4.56. The molecule has 17 heavy (non-hydrogen) atoms. The van der Waals surface area contributed by atoms with Gasteiger partial charge in [0.2, 0.25) is 0 Å². The molecule has 0 unspecified atom stereocenters. The van der Waals surface area contributed by atoms with Crippen molar-refractivity contribution in [2.45, 2.75) is 25.7 Å². The van der Waals surface area contributed by atoms with Crippen molar-refractivity contribution in [1.82, 2.24) is 0 Å². The Kier molecular flexibility index (Phi) is 2.75. The van der Waals surface area contributed by atoms with Crippen LogP contribution in [0.3, 0.4) is 0 Å². The number of hydrogen-bond donors (Lipinski definition) is 1. The summed E-state index contributed by atoms with van der Waals surface area (Å²) in [6, 6.07) is 2.38. The van der Waals surface area contributed by atoms with E-state index < -0.39 is 0 Å². The predicted octanol–water partition coefficient (Wildman–Crippen LogP) is 3.99. The van der Waals surface area contributed by atoms with Gasteiger partial charge in [-0.2, -0.15) is 0 Å². The molecule has 88 valence electrons. The van der Waals surface area contributed by atoms with Crippen molar-refractivity contribution >= 4 is 23.5 Å². The number of rotatable bonds is 3. The number of hydrogen-bond acceptors (Lipinski definition) is 2. The van der Waals surface area contributed by atoms with Gasteiger partial charge in [-0.15, -0.1) is 11.8 Å². The number of benzene rings is 1. The van der Waals surface area contributed by atoms with Crippen molar-refractivity contribution in [2.24, 2.45) is 0 Å². The van der Waals surface area contributed by atoms with Crippen LogP contribution in [-0.2, 0) is 19.3 Å². The second-order valence-electron chi connectivity index (χ2n) is 4.67. The van der Waals surface area contributed by atoms with E-state index in [-0.39, 0.29) is 0 Å². The summed E-state index contributed by atoms with van der Waals surface area (Å²) < 4.78 is 0. The van der Waals surface area contributed by atoms with Crippen LogP contribution < -0.4 is 5.32 Å². The second-order valence-corrected chi connectivity index (χ2v) is 5.57. The lowest BCUT2D eigenvalue weighted by Crippen LogP contribution is -2.03. The SMILES string of the molecule is C=C(Nc1c2c(cc3c1CCC3)C=CC2)SC. The number of thioether (sulfide) groups is 1. The van der Waals surface area contributed by atoms with Gasteiger partial charge >= 0.3 is 0 Å². The maximum atomic E-state index is 4.05. The molecular formula is C15H17NS. The molecule has 1 aromatic rings. The van der Waals surface area contributed by atoms with E-state index in [2.05, 4.69) is 36.4 Å². The average molecular weight is 243 g/mol. The van der Waals surface area contributed by atoms with Gasteiger partial charge in [0.15, 0.2) is 0 Å². The number of aryl methyl sites for hydroxylation is 1. The van der Waals surface area contributed by atoms with Crippen molar-refractivity contribution in [3.8, 4) is 0 Å². The Hall–Kier alpha value is -1.15. The van der Waals surface area contributed by atoms with E-state index in [1.54, 1.807) is 11.8 Å². The molecule has 1 nitrogen and oxygen atoms in total. The van der Waals surface area contributed by atoms with Gasteiger partial charge in [0.05, 0.1) is 5.03 Å². The van der Waals surface area contributed by atoms with Crippen molar-refractivity contribution in [3.05, 3.63) is 46.0 Å². The van der Waals surface area contributed by atoms with Crippen molar-refractivity contribution in [3.63, 3.8) is 0 Å². The maximum Gasteiger partial charge on any atom is 0.0649 e. The quantitative estimate of drug-likeness (QED) is 0.861. The van der Waals surface area contributed by atoms with E-state index in [4.69, 9.17) is 0 Å². The maximum absolute atomic E-state index is 4.05. The molecule has 1 N–H and O–H groups in total. The first-order valence-corrected chi connectivity index (χ1v) is 7.36. The first-order chi connectivity index (χ1) is 8.29. The molecule has 1 aromatic carbocycles. The molecule has 0 radical (unpaired) electrons. The average Bonchev–Trinajstić information content (AvgIpc) is 2.96. The Balaban J connectivity index is 2.09. The normalized spacial score (nSPS) is 15.8. The highest BCUT2D eigenvalue weighted by molar-refractivity contribution is 8.02. The van der Waals surface area contributed by atoms with Crippen LogP contribution in [0.15, 0.2) is 23.8 Å². The molecule has 0 atom stereocenters. The summed E-state index contributed by atoms with van der Waals surface area (Å²) in [6.45, 7) is 4.05. The lowest BCUT2D eigenvalue weighted by atomic mass is 9.98. The Morgan fingerprint density at radius 3 is 3.06 bits per heavy atom. The fourth-order valence-corrected chi connectivity index (χ4v) is 3.03. The van der Waals surface area contributed by atoms with Gasteiger partial charge in [-0.3, -0.25) is 0 Å². The molecule has 0 heterocycles. The first-order valence-electron chi connectivity index (χ1n) is 6.13. The fourth-order valence-electron chi connectivity index (χ4n) is 2.83. The summed E-state index contributed by atoms with van der Waals surface area (Å²) in [5.74, 6) is 0. The molecule has 0 aliphatic heterocycles. The zero-order valence-electron chi connectivity index (χ0n) is 10.2. The second kappa shape index (κ2) is 4.26. The van der Waals surface area contributed by atoms with Crippen LogP contribution in [0.5, 0.6) is 0 Å². The minimum Gasteiger partial charge on any atom is -0.350 e. The fraction of sp³-hybridized carbons (Fsp3) is 0.333. The van der Waals surface area contributed by atoms with Crippen LogP contribution in [0.25, 0.3) is 6.08 Å². The van der Waals surface area contributed by atoms with Crippen LogP contribution in [0.1, 0.15) is 28.7 Å². The Morgan fingerprint density at radius 1 is 1.35 bits per heavy atom. The predicted molar refractivity (Wildman–Crippen MR) is 77.5 cm³/mol. The number of fused-ring (bicyclic) bond motifs is 2. The molecule has 0 bridgehead atoms. The molecule has 0 amide bonds. The largest absolute Gasteiger partial charge is 0.350 e. The van der Waals surface area contributed by atoms with Gasteiger partial charge in [0.25, 0.3) is 0 Å². The smallest absolute Gasteiger partial charge is 0.0649 e. The minimum atomic E-state index is 1.04. The number of anilines is 1.